The molecule has 2 unspecified atom stereocenters. The van der Waals surface area contributed by atoms with Gasteiger partial charge in [-0.2, -0.15) is 4.98 Å². The monoisotopic (exact) mass is 265 g/mol. The van der Waals surface area contributed by atoms with Crippen LogP contribution in [-0.2, 0) is 4.74 Å². The molecule has 0 saturated carbocycles. The van der Waals surface area contributed by atoms with Crippen LogP contribution in [0.4, 0.5) is 5.95 Å². The molecule has 19 heavy (non-hydrogen) atoms. The highest BCUT2D eigenvalue weighted by atomic mass is 16.5. The Bertz CT molecular complexity index is 641. The molecular formula is C11H15N5O3. The summed E-state index contributed by atoms with van der Waals surface area (Å²) >= 11 is 0. The maximum Gasteiger partial charge on any atom is 0.280 e. The molecule has 2 atom stereocenters. The van der Waals surface area contributed by atoms with E-state index in [-0.39, 0.29) is 35.8 Å². The zero-order valence-electron chi connectivity index (χ0n) is 10.2. The lowest BCUT2D eigenvalue weighted by atomic mass is 10.0. The summed E-state index contributed by atoms with van der Waals surface area (Å²) in [4.78, 5) is 22.2. The fraction of sp³-hybridized carbons (Fsp3) is 0.545. The number of nitrogens with two attached hydrogens (primary N) is 1. The van der Waals surface area contributed by atoms with Crippen LogP contribution in [0.5, 0.6) is 0 Å². The highest BCUT2D eigenvalue weighted by molar-refractivity contribution is 5.70. The highest BCUT2D eigenvalue weighted by Gasteiger charge is 2.24. The number of nitrogens with zero attached hydrogens (tertiary/aromatic N) is 3. The largest absolute Gasteiger partial charge is 0.396 e. The lowest BCUT2D eigenvalue weighted by Crippen LogP contribution is -2.26. The molecule has 102 valence electrons. The first-order chi connectivity index (χ1) is 9.19. The summed E-state index contributed by atoms with van der Waals surface area (Å²) in [5.41, 5.74) is 5.86. The maximum absolute atomic E-state index is 11.7. The average Bonchev–Trinajstić information content (AvgIpc) is 2.83. The summed E-state index contributed by atoms with van der Waals surface area (Å²) in [7, 11) is 0. The van der Waals surface area contributed by atoms with Gasteiger partial charge in [0.05, 0.1) is 12.9 Å². The highest BCUT2D eigenvalue weighted by Crippen LogP contribution is 2.27. The number of hydrogen-bond acceptors (Lipinski definition) is 6. The van der Waals surface area contributed by atoms with Crippen LogP contribution in [-0.4, -0.2) is 37.8 Å². The van der Waals surface area contributed by atoms with Gasteiger partial charge in [0.15, 0.2) is 11.2 Å². The van der Waals surface area contributed by atoms with Gasteiger partial charge in [0.2, 0.25) is 5.95 Å². The molecule has 3 heterocycles. The van der Waals surface area contributed by atoms with Gasteiger partial charge >= 0.3 is 0 Å². The van der Waals surface area contributed by atoms with Crippen LogP contribution in [0.15, 0.2) is 11.1 Å². The Labute approximate surface area is 108 Å². The number of aliphatic hydroxyl groups excluding tert-OH is 1. The van der Waals surface area contributed by atoms with Crippen molar-refractivity contribution in [2.45, 2.75) is 19.1 Å². The van der Waals surface area contributed by atoms with Gasteiger partial charge in [0.1, 0.15) is 6.23 Å². The molecule has 0 amide bonds. The Morgan fingerprint density at radius 3 is 3.11 bits per heavy atom. The van der Waals surface area contributed by atoms with Crippen LogP contribution in [0, 0.1) is 5.92 Å². The van der Waals surface area contributed by atoms with E-state index in [1.165, 1.54) is 6.33 Å². The lowest BCUT2D eigenvalue weighted by Gasteiger charge is -2.28. The zero-order chi connectivity index (χ0) is 13.4. The normalized spacial score (nSPS) is 23.8. The van der Waals surface area contributed by atoms with E-state index < -0.39 is 0 Å². The number of anilines is 1. The number of ether oxygens (including phenoxy) is 1. The van der Waals surface area contributed by atoms with Crippen LogP contribution in [0.25, 0.3) is 11.2 Å². The smallest absolute Gasteiger partial charge is 0.280 e. The van der Waals surface area contributed by atoms with E-state index in [1.807, 2.05) is 0 Å². The van der Waals surface area contributed by atoms with E-state index in [1.54, 1.807) is 4.57 Å². The molecule has 8 nitrogen and oxygen atoms in total. The van der Waals surface area contributed by atoms with E-state index in [0.717, 1.165) is 12.8 Å². The molecule has 8 heteroatoms. The number of aromatic nitrogens is 4. The fourth-order valence-electron chi connectivity index (χ4n) is 2.31. The summed E-state index contributed by atoms with van der Waals surface area (Å²) in [5, 5.41) is 9.08. The van der Waals surface area contributed by atoms with Crippen LogP contribution in [0.2, 0.25) is 0 Å². The van der Waals surface area contributed by atoms with Crippen LogP contribution in [0.1, 0.15) is 19.1 Å². The number of aliphatic hydroxyl groups is 1. The number of imidazole rings is 1. The van der Waals surface area contributed by atoms with Crippen molar-refractivity contribution in [2.24, 2.45) is 5.92 Å². The van der Waals surface area contributed by atoms with Gasteiger partial charge in [0, 0.05) is 12.5 Å². The molecule has 1 fully saturated rings. The number of fused-ring (bicyclic) bond motifs is 1. The molecular weight excluding hydrogens is 250 g/mol. The molecule has 0 radical (unpaired) electrons. The van der Waals surface area contributed by atoms with Crippen molar-refractivity contribution < 1.29 is 9.84 Å². The second kappa shape index (κ2) is 4.63. The molecule has 0 aliphatic carbocycles. The van der Waals surface area contributed by atoms with Crippen molar-refractivity contribution in [3.63, 3.8) is 0 Å². The Morgan fingerprint density at radius 2 is 2.42 bits per heavy atom. The fourth-order valence-corrected chi connectivity index (χ4v) is 2.31. The topological polar surface area (TPSA) is 119 Å². The Kier molecular flexibility index (Phi) is 2.96. The Morgan fingerprint density at radius 1 is 1.58 bits per heavy atom. The van der Waals surface area contributed by atoms with E-state index in [4.69, 9.17) is 15.6 Å². The second-order valence-electron chi connectivity index (χ2n) is 4.69. The zero-order valence-corrected chi connectivity index (χ0v) is 10.2. The van der Waals surface area contributed by atoms with Gasteiger partial charge in [-0.3, -0.25) is 14.3 Å². The van der Waals surface area contributed by atoms with Gasteiger partial charge < -0.3 is 15.6 Å². The quantitative estimate of drug-likeness (QED) is 0.681. The predicted molar refractivity (Wildman–Crippen MR) is 67.4 cm³/mol. The second-order valence-corrected chi connectivity index (χ2v) is 4.69. The first-order valence-corrected chi connectivity index (χ1v) is 6.14. The van der Waals surface area contributed by atoms with E-state index in [0.29, 0.717) is 12.3 Å². The summed E-state index contributed by atoms with van der Waals surface area (Å²) < 4.78 is 7.40. The molecule has 1 aliphatic heterocycles. The van der Waals surface area contributed by atoms with Crippen LogP contribution in [0.3, 0.4) is 0 Å². The van der Waals surface area contributed by atoms with Crippen molar-refractivity contribution in [1.82, 2.24) is 19.5 Å². The van der Waals surface area contributed by atoms with Crippen molar-refractivity contribution in [2.75, 3.05) is 18.9 Å². The molecule has 0 bridgehead atoms. The molecule has 2 aromatic rings. The third kappa shape index (κ3) is 2.08. The Balaban J connectivity index is 1.96. The van der Waals surface area contributed by atoms with Gasteiger partial charge in [-0.15, -0.1) is 0 Å². The third-order valence-electron chi connectivity index (χ3n) is 3.37. The number of hydrogen-bond donors (Lipinski definition) is 3. The predicted octanol–water partition coefficient (Wildman–Crippen LogP) is -0.381. The number of rotatable bonds is 2. The summed E-state index contributed by atoms with van der Waals surface area (Å²) in [6.07, 6.45) is 2.92. The molecule has 3 rings (SSSR count). The number of nitrogen functional groups attached to an aromatic ring is 1. The SMILES string of the molecule is Nc1nc2c(ncn2C2CCC(CO)CO2)c(=O)[nH]1. The molecule has 2 aromatic heterocycles. The van der Waals surface area contributed by atoms with Crippen molar-refractivity contribution in [3.05, 3.63) is 16.7 Å². The summed E-state index contributed by atoms with van der Waals surface area (Å²) in [5.74, 6) is 0.232. The summed E-state index contributed by atoms with van der Waals surface area (Å²) in [6, 6.07) is 0. The molecule has 0 spiro atoms. The van der Waals surface area contributed by atoms with Gasteiger partial charge in [-0.05, 0) is 12.8 Å². The summed E-state index contributed by atoms with van der Waals surface area (Å²) in [6.45, 7) is 0.613. The van der Waals surface area contributed by atoms with Crippen molar-refractivity contribution in [1.29, 1.82) is 0 Å². The van der Waals surface area contributed by atoms with Gasteiger partial charge in [-0.1, -0.05) is 0 Å². The molecule has 1 aliphatic rings. The van der Waals surface area contributed by atoms with Crippen molar-refractivity contribution in [3.8, 4) is 0 Å². The number of nitrogens with one attached hydrogen (secondary N) is 1. The minimum Gasteiger partial charge on any atom is -0.396 e. The first kappa shape index (κ1) is 12.1. The third-order valence-corrected chi connectivity index (χ3v) is 3.37. The minimum absolute atomic E-state index is 0.0586. The van der Waals surface area contributed by atoms with Crippen molar-refractivity contribution >= 4 is 17.1 Å². The van der Waals surface area contributed by atoms with Crippen LogP contribution >= 0.6 is 0 Å². The maximum atomic E-state index is 11.7. The molecule has 4 N–H and O–H groups in total. The molecule has 0 aromatic carbocycles. The number of aromatic amines is 1. The standard InChI is InChI=1S/C11H15N5O3/c12-11-14-9-8(10(18)15-11)13-5-16(9)7-2-1-6(3-17)4-19-7/h5-7,17H,1-4H2,(H3,12,14,15,18). The minimum atomic E-state index is -0.356. The lowest BCUT2D eigenvalue weighted by molar-refractivity contribution is -0.0669. The van der Waals surface area contributed by atoms with E-state index >= 15 is 0 Å². The van der Waals surface area contributed by atoms with Crippen LogP contribution < -0.4 is 11.3 Å². The molecule has 1 saturated heterocycles. The first-order valence-electron chi connectivity index (χ1n) is 6.14. The van der Waals surface area contributed by atoms with E-state index in [2.05, 4.69) is 15.0 Å². The van der Waals surface area contributed by atoms with E-state index in [9.17, 15) is 4.79 Å². The average molecular weight is 265 g/mol. The number of H-pyrrole nitrogens is 1. The van der Waals surface area contributed by atoms with Gasteiger partial charge in [0.25, 0.3) is 5.56 Å². The Hall–Kier alpha value is -1.93. The van der Waals surface area contributed by atoms with Gasteiger partial charge in [-0.25, -0.2) is 4.98 Å².